The second kappa shape index (κ2) is 7.53. The van der Waals surface area contributed by atoms with Crippen molar-refractivity contribution in [3.05, 3.63) is 23.5 Å². The highest BCUT2D eigenvalue weighted by molar-refractivity contribution is 8.00. The first-order chi connectivity index (χ1) is 8.13. The van der Waals surface area contributed by atoms with Gasteiger partial charge in [-0.3, -0.25) is 4.79 Å². The molecule has 1 aromatic heterocycles. The van der Waals surface area contributed by atoms with Crippen molar-refractivity contribution >= 4 is 35.0 Å². The first-order valence-electron chi connectivity index (χ1n) is 5.37. The largest absolute Gasteiger partial charge is 0.327 e. The maximum absolute atomic E-state index is 11.6. The Balaban J connectivity index is 2.33. The Kier molecular flexibility index (Phi) is 6.32. The van der Waals surface area contributed by atoms with Gasteiger partial charge in [-0.15, -0.1) is 0 Å². The smallest absolute Gasteiger partial charge is 0.234 e. The minimum Gasteiger partial charge on any atom is -0.327 e. The number of nitrogens with zero attached hydrogens (tertiary/aromatic N) is 1. The van der Waals surface area contributed by atoms with Crippen LogP contribution >= 0.6 is 23.4 Å². The average molecular weight is 274 g/mol. The summed E-state index contributed by atoms with van der Waals surface area (Å²) in [6.07, 6.45) is 2.50. The summed E-state index contributed by atoms with van der Waals surface area (Å²) in [5, 5.41) is 3.01. The Morgan fingerprint density at radius 1 is 1.71 bits per heavy atom. The van der Waals surface area contributed by atoms with E-state index in [2.05, 4.69) is 10.3 Å². The van der Waals surface area contributed by atoms with Crippen molar-refractivity contribution in [2.75, 3.05) is 16.8 Å². The molecular weight excluding hydrogens is 258 g/mol. The molecule has 4 nitrogen and oxygen atoms in total. The summed E-state index contributed by atoms with van der Waals surface area (Å²) in [5.74, 6) is 1.07. The first kappa shape index (κ1) is 14.3. The number of carbonyl (C=O) groups is 1. The van der Waals surface area contributed by atoms with Crippen LogP contribution in [0.3, 0.4) is 0 Å². The molecule has 1 unspecified atom stereocenters. The first-order valence-corrected chi connectivity index (χ1v) is 6.90. The molecule has 6 heteroatoms. The van der Waals surface area contributed by atoms with E-state index in [1.807, 2.05) is 6.92 Å². The fraction of sp³-hybridized carbons (Fsp3) is 0.455. The van der Waals surface area contributed by atoms with E-state index in [9.17, 15) is 4.79 Å². The van der Waals surface area contributed by atoms with Gasteiger partial charge < -0.3 is 11.1 Å². The number of pyridine rings is 1. The van der Waals surface area contributed by atoms with Crippen LogP contribution in [0.4, 0.5) is 5.69 Å². The zero-order valence-corrected chi connectivity index (χ0v) is 11.2. The molecule has 0 radical (unpaired) electrons. The van der Waals surface area contributed by atoms with Gasteiger partial charge in [-0.05, 0) is 18.6 Å². The zero-order chi connectivity index (χ0) is 12.7. The summed E-state index contributed by atoms with van der Waals surface area (Å²) < 4.78 is 0. The highest BCUT2D eigenvalue weighted by atomic mass is 35.5. The molecule has 0 bridgehead atoms. The predicted molar refractivity (Wildman–Crippen MR) is 73.5 cm³/mol. The lowest BCUT2D eigenvalue weighted by atomic mass is 10.3. The molecule has 0 saturated carbocycles. The number of hydrogen-bond acceptors (Lipinski definition) is 4. The van der Waals surface area contributed by atoms with Gasteiger partial charge in [0.15, 0.2) is 5.15 Å². The van der Waals surface area contributed by atoms with Gasteiger partial charge in [0.1, 0.15) is 0 Å². The third-order valence-corrected chi connectivity index (χ3v) is 3.55. The zero-order valence-electron chi connectivity index (χ0n) is 9.65. The van der Waals surface area contributed by atoms with Crippen molar-refractivity contribution in [3.8, 4) is 0 Å². The van der Waals surface area contributed by atoms with E-state index >= 15 is 0 Å². The maximum Gasteiger partial charge on any atom is 0.234 e. The van der Waals surface area contributed by atoms with Gasteiger partial charge in [-0.25, -0.2) is 4.98 Å². The van der Waals surface area contributed by atoms with Crippen LogP contribution in [0.25, 0.3) is 0 Å². The summed E-state index contributed by atoms with van der Waals surface area (Å²) in [6, 6.07) is 3.59. The summed E-state index contributed by atoms with van der Waals surface area (Å²) in [4.78, 5) is 15.5. The normalized spacial score (nSPS) is 12.2. The summed E-state index contributed by atoms with van der Waals surface area (Å²) >= 11 is 7.34. The molecule has 0 spiro atoms. The predicted octanol–water partition coefficient (Wildman–Crippen LogP) is 2.14. The second-order valence-corrected chi connectivity index (χ2v) is 4.96. The van der Waals surface area contributed by atoms with Gasteiger partial charge in [0, 0.05) is 18.0 Å². The summed E-state index contributed by atoms with van der Waals surface area (Å²) in [7, 11) is 0. The van der Waals surface area contributed by atoms with Gasteiger partial charge in [-0.1, -0.05) is 18.5 Å². The van der Waals surface area contributed by atoms with Crippen LogP contribution in [-0.2, 0) is 4.79 Å². The molecule has 0 saturated heterocycles. The minimum atomic E-state index is -0.0896. The highest BCUT2D eigenvalue weighted by Gasteiger charge is 2.07. The van der Waals surface area contributed by atoms with Gasteiger partial charge >= 0.3 is 0 Å². The molecule has 0 aliphatic carbocycles. The molecule has 17 heavy (non-hydrogen) atoms. The van der Waals surface area contributed by atoms with E-state index < -0.39 is 0 Å². The van der Waals surface area contributed by atoms with Crippen LogP contribution in [0.1, 0.15) is 13.3 Å². The number of nitrogens with two attached hydrogens (primary N) is 1. The molecule has 1 atom stereocenters. The Labute approximate surface area is 110 Å². The third kappa shape index (κ3) is 5.39. The quantitative estimate of drug-likeness (QED) is 0.780. The van der Waals surface area contributed by atoms with E-state index in [4.69, 9.17) is 17.3 Å². The SMILES string of the molecule is CCC(N)CSCC(=O)Nc1cccnc1Cl. The fourth-order valence-corrected chi connectivity index (χ4v) is 2.17. The van der Waals surface area contributed by atoms with Crippen LogP contribution < -0.4 is 11.1 Å². The molecule has 0 aromatic carbocycles. The number of aromatic nitrogens is 1. The molecule has 94 valence electrons. The van der Waals surface area contributed by atoms with Crippen molar-refractivity contribution < 1.29 is 4.79 Å². The van der Waals surface area contributed by atoms with Crippen molar-refractivity contribution in [1.82, 2.24) is 4.98 Å². The molecule has 0 fully saturated rings. The molecule has 0 aliphatic rings. The van der Waals surface area contributed by atoms with Crippen molar-refractivity contribution in [2.45, 2.75) is 19.4 Å². The lowest BCUT2D eigenvalue weighted by molar-refractivity contribution is -0.113. The Morgan fingerprint density at radius 3 is 3.12 bits per heavy atom. The highest BCUT2D eigenvalue weighted by Crippen LogP contribution is 2.17. The Morgan fingerprint density at radius 2 is 2.47 bits per heavy atom. The number of hydrogen-bond donors (Lipinski definition) is 2. The average Bonchev–Trinajstić information content (AvgIpc) is 2.32. The lowest BCUT2D eigenvalue weighted by Crippen LogP contribution is -2.23. The Hall–Kier alpha value is -0.780. The van der Waals surface area contributed by atoms with E-state index in [-0.39, 0.29) is 11.9 Å². The third-order valence-electron chi connectivity index (χ3n) is 2.12. The summed E-state index contributed by atoms with van der Waals surface area (Å²) in [6.45, 7) is 2.03. The number of halogens is 1. The number of amides is 1. The van der Waals surface area contributed by atoms with Crippen molar-refractivity contribution in [2.24, 2.45) is 5.73 Å². The summed E-state index contributed by atoms with van der Waals surface area (Å²) in [5.41, 5.74) is 6.29. The number of thioether (sulfide) groups is 1. The second-order valence-electron chi connectivity index (χ2n) is 3.57. The van der Waals surface area contributed by atoms with E-state index in [0.717, 1.165) is 12.2 Å². The van der Waals surface area contributed by atoms with E-state index in [1.54, 1.807) is 18.3 Å². The van der Waals surface area contributed by atoms with Crippen LogP contribution in [0.5, 0.6) is 0 Å². The molecule has 1 rings (SSSR count). The fourth-order valence-electron chi connectivity index (χ4n) is 1.09. The van der Waals surface area contributed by atoms with Crippen LogP contribution in [0, 0.1) is 0 Å². The molecule has 0 aliphatic heterocycles. The number of nitrogens with one attached hydrogen (secondary N) is 1. The van der Waals surface area contributed by atoms with Crippen LogP contribution in [-0.4, -0.2) is 28.4 Å². The van der Waals surface area contributed by atoms with E-state index in [0.29, 0.717) is 16.6 Å². The standard InChI is InChI=1S/C11H16ClN3OS/c1-2-8(13)6-17-7-10(16)15-9-4-3-5-14-11(9)12/h3-5,8H,2,6-7,13H2,1H3,(H,15,16). The number of anilines is 1. The lowest BCUT2D eigenvalue weighted by Gasteiger charge is -2.08. The molecule has 1 aromatic rings. The Bertz CT molecular complexity index is 375. The van der Waals surface area contributed by atoms with E-state index in [1.165, 1.54) is 11.8 Å². The van der Waals surface area contributed by atoms with Gasteiger partial charge in [-0.2, -0.15) is 11.8 Å². The minimum absolute atomic E-state index is 0.0896. The number of carbonyl (C=O) groups excluding carboxylic acids is 1. The number of rotatable bonds is 6. The van der Waals surface area contributed by atoms with Crippen LogP contribution in [0.15, 0.2) is 18.3 Å². The molecule has 1 amide bonds. The monoisotopic (exact) mass is 273 g/mol. The molecular formula is C11H16ClN3OS. The molecule has 1 heterocycles. The van der Waals surface area contributed by atoms with Gasteiger partial charge in [0.2, 0.25) is 5.91 Å². The maximum atomic E-state index is 11.6. The van der Waals surface area contributed by atoms with Gasteiger partial charge in [0.25, 0.3) is 0 Å². The van der Waals surface area contributed by atoms with Gasteiger partial charge in [0.05, 0.1) is 11.4 Å². The van der Waals surface area contributed by atoms with Crippen molar-refractivity contribution in [3.63, 3.8) is 0 Å². The van der Waals surface area contributed by atoms with Crippen molar-refractivity contribution in [1.29, 1.82) is 0 Å². The topological polar surface area (TPSA) is 68.0 Å². The van der Waals surface area contributed by atoms with Crippen LogP contribution in [0.2, 0.25) is 5.15 Å². The molecule has 3 N–H and O–H groups in total.